The molecule has 4 heteroatoms. The maximum atomic E-state index is 4.16. The predicted octanol–water partition coefficient (Wildman–Crippen LogP) is 1.97. The van der Waals surface area contributed by atoms with Crippen molar-refractivity contribution < 1.29 is 0 Å². The molecule has 0 saturated heterocycles. The lowest BCUT2D eigenvalue weighted by Crippen LogP contribution is -2.00. The van der Waals surface area contributed by atoms with E-state index >= 15 is 0 Å². The van der Waals surface area contributed by atoms with Gasteiger partial charge in [0.2, 0.25) is 7.28 Å². The van der Waals surface area contributed by atoms with Gasteiger partial charge in [0.1, 0.15) is 5.69 Å². The van der Waals surface area contributed by atoms with Gasteiger partial charge in [0.05, 0.1) is 6.20 Å². The molecule has 2 aromatic rings. The summed E-state index contributed by atoms with van der Waals surface area (Å²) in [6.45, 7) is 0. The molecule has 0 N–H and O–H groups in total. The normalized spacial score (nSPS) is 13.6. The smallest absolute Gasteiger partial charge is 0.207 e. The SMILES string of the molecule is [B]1C=CC=C1n1cc(-c2ccccc2)nn1. The van der Waals surface area contributed by atoms with Crippen LogP contribution in [0.3, 0.4) is 0 Å². The van der Waals surface area contributed by atoms with Crippen molar-refractivity contribution >= 4 is 12.9 Å². The lowest BCUT2D eigenvalue weighted by Gasteiger charge is -1.97. The zero-order valence-electron chi connectivity index (χ0n) is 8.62. The molecule has 16 heavy (non-hydrogen) atoms. The molecule has 0 atom stereocenters. The number of benzene rings is 1. The third-order valence-electron chi connectivity index (χ3n) is 2.47. The van der Waals surface area contributed by atoms with Crippen molar-refractivity contribution in [3.63, 3.8) is 0 Å². The Balaban J connectivity index is 1.94. The number of rotatable bonds is 2. The van der Waals surface area contributed by atoms with E-state index in [-0.39, 0.29) is 0 Å². The Morgan fingerprint density at radius 3 is 2.75 bits per heavy atom. The first kappa shape index (κ1) is 9.15. The molecule has 0 aliphatic carbocycles. The van der Waals surface area contributed by atoms with Gasteiger partial charge in [0, 0.05) is 11.2 Å². The molecule has 0 unspecified atom stereocenters. The van der Waals surface area contributed by atoms with E-state index in [1.807, 2.05) is 61.9 Å². The molecule has 75 valence electrons. The summed E-state index contributed by atoms with van der Waals surface area (Å²) in [5.41, 5.74) is 3.01. The average molecular weight is 206 g/mol. The molecule has 1 aliphatic rings. The molecule has 0 saturated carbocycles. The topological polar surface area (TPSA) is 30.7 Å². The molecule has 3 rings (SSSR count). The summed E-state index contributed by atoms with van der Waals surface area (Å²) in [6.07, 6.45) is 5.92. The fourth-order valence-corrected chi connectivity index (χ4v) is 1.65. The molecule has 2 heterocycles. The van der Waals surface area contributed by atoms with Crippen LogP contribution in [0.1, 0.15) is 0 Å². The minimum Gasteiger partial charge on any atom is -0.234 e. The van der Waals surface area contributed by atoms with Gasteiger partial charge in [-0.15, -0.1) is 11.1 Å². The highest BCUT2D eigenvalue weighted by molar-refractivity contribution is 6.64. The second-order valence-corrected chi connectivity index (χ2v) is 3.56. The van der Waals surface area contributed by atoms with Crippen LogP contribution in [0.4, 0.5) is 0 Å². The van der Waals surface area contributed by atoms with Gasteiger partial charge < -0.3 is 0 Å². The van der Waals surface area contributed by atoms with Gasteiger partial charge in [0.25, 0.3) is 0 Å². The average Bonchev–Trinajstić information content (AvgIpc) is 3.01. The molecule has 0 amide bonds. The van der Waals surface area contributed by atoms with Crippen molar-refractivity contribution in [2.24, 2.45) is 0 Å². The summed E-state index contributed by atoms with van der Waals surface area (Å²) < 4.78 is 1.78. The number of hydrogen-bond acceptors (Lipinski definition) is 2. The van der Waals surface area contributed by atoms with Gasteiger partial charge in [-0.25, -0.2) is 4.68 Å². The van der Waals surface area contributed by atoms with E-state index in [2.05, 4.69) is 10.3 Å². The quantitative estimate of drug-likeness (QED) is 0.703. The molecular weight excluding hydrogens is 197 g/mol. The molecule has 3 nitrogen and oxygen atoms in total. The third kappa shape index (κ3) is 1.58. The third-order valence-corrected chi connectivity index (χ3v) is 2.47. The Kier molecular flexibility index (Phi) is 2.18. The summed E-state index contributed by atoms with van der Waals surface area (Å²) in [4.78, 5) is 0. The first-order valence-corrected chi connectivity index (χ1v) is 5.13. The van der Waals surface area contributed by atoms with Gasteiger partial charge in [-0.05, 0) is 0 Å². The van der Waals surface area contributed by atoms with Crippen LogP contribution in [-0.2, 0) is 0 Å². The summed E-state index contributed by atoms with van der Waals surface area (Å²) >= 11 is 0. The van der Waals surface area contributed by atoms with Crippen molar-refractivity contribution in [2.45, 2.75) is 0 Å². The lowest BCUT2D eigenvalue weighted by molar-refractivity contribution is 0.833. The van der Waals surface area contributed by atoms with Gasteiger partial charge in [-0.1, -0.05) is 47.7 Å². The highest BCUT2D eigenvalue weighted by Crippen LogP contribution is 2.17. The predicted molar refractivity (Wildman–Crippen MR) is 64.6 cm³/mol. The minimum atomic E-state index is 0.891. The number of aromatic nitrogens is 3. The van der Waals surface area contributed by atoms with Crippen molar-refractivity contribution in [1.29, 1.82) is 0 Å². The Hall–Kier alpha value is -2.10. The van der Waals surface area contributed by atoms with E-state index in [1.54, 1.807) is 4.68 Å². The van der Waals surface area contributed by atoms with Crippen LogP contribution in [0.25, 0.3) is 16.9 Å². The Labute approximate surface area is 94.3 Å². The largest absolute Gasteiger partial charge is 0.234 e. The fourth-order valence-electron chi connectivity index (χ4n) is 1.65. The van der Waals surface area contributed by atoms with Gasteiger partial charge >= 0.3 is 0 Å². The second kappa shape index (κ2) is 3.81. The van der Waals surface area contributed by atoms with Crippen molar-refractivity contribution in [3.05, 3.63) is 54.7 Å². The van der Waals surface area contributed by atoms with E-state index in [0.29, 0.717) is 0 Å². The second-order valence-electron chi connectivity index (χ2n) is 3.56. The highest BCUT2D eigenvalue weighted by atomic mass is 15.4. The molecule has 1 aliphatic heterocycles. The van der Waals surface area contributed by atoms with Gasteiger partial charge in [0.15, 0.2) is 0 Å². The Morgan fingerprint density at radius 2 is 2.00 bits per heavy atom. The summed E-state index contributed by atoms with van der Waals surface area (Å²) in [5.74, 6) is 1.99. The van der Waals surface area contributed by atoms with Crippen molar-refractivity contribution in [3.8, 4) is 11.3 Å². The van der Waals surface area contributed by atoms with Crippen molar-refractivity contribution in [1.82, 2.24) is 15.0 Å². The highest BCUT2D eigenvalue weighted by Gasteiger charge is 2.08. The molecule has 1 radical (unpaired) electrons. The Morgan fingerprint density at radius 1 is 1.12 bits per heavy atom. The Bertz CT molecular complexity index is 555. The van der Waals surface area contributed by atoms with Gasteiger partial charge in [-0.2, -0.15) is 0 Å². The number of nitrogens with zero attached hydrogens (tertiary/aromatic N) is 3. The first-order valence-electron chi connectivity index (χ1n) is 5.13. The monoisotopic (exact) mass is 206 g/mol. The number of allylic oxidation sites excluding steroid dienone is 2. The molecular formula is C12H9BN3. The van der Waals surface area contributed by atoms with E-state index in [9.17, 15) is 0 Å². The standard InChI is InChI=1S/C12H9BN3/c1-2-5-10(6-3-1)11-9-16(15-14-11)12-7-4-8-13-12/h1-9H. The van der Waals surface area contributed by atoms with E-state index in [0.717, 1.165) is 16.9 Å². The minimum absolute atomic E-state index is 0.891. The van der Waals surface area contributed by atoms with E-state index < -0.39 is 0 Å². The zero-order chi connectivity index (χ0) is 10.8. The molecule has 0 bridgehead atoms. The van der Waals surface area contributed by atoms with Gasteiger partial charge in [-0.3, -0.25) is 0 Å². The van der Waals surface area contributed by atoms with Crippen LogP contribution in [0.5, 0.6) is 0 Å². The molecule has 0 spiro atoms. The van der Waals surface area contributed by atoms with E-state index in [4.69, 9.17) is 0 Å². The lowest BCUT2D eigenvalue weighted by atomic mass is 9.78. The summed E-state index contributed by atoms with van der Waals surface area (Å²) in [7, 11) is 2.00. The van der Waals surface area contributed by atoms with Crippen LogP contribution >= 0.6 is 0 Å². The summed E-state index contributed by atoms with van der Waals surface area (Å²) in [6, 6.07) is 10.0. The molecule has 0 fully saturated rings. The maximum Gasteiger partial charge on any atom is 0.207 e. The van der Waals surface area contributed by atoms with Crippen LogP contribution < -0.4 is 0 Å². The van der Waals surface area contributed by atoms with Crippen LogP contribution in [0, 0.1) is 0 Å². The van der Waals surface area contributed by atoms with Crippen molar-refractivity contribution in [2.75, 3.05) is 0 Å². The molecule has 1 aromatic carbocycles. The van der Waals surface area contributed by atoms with Crippen LogP contribution in [0.2, 0.25) is 0 Å². The summed E-state index contributed by atoms with van der Waals surface area (Å²) in [5, 5.41) is 8.26. The zero-order valence-corrected chi connectivity index (χ0v) is 8.62. The first-order chi connectivity index (χ1) is 7.93. The maximum absolute atomic E-state index is 4.16. The molecule has 1 aromatic heterocycles. The van der Waals surface area contributed by atoms with Crippen LogP contribution in [-0.4, -0.2) is 22.3 Å². The van der Waals surface area contributed by atoms with E-state index in [1.165, 1.54) is 0 Å². The van der Waals surface area contributed by atoms with Crippen LogP contribution in [0.15, 0.2) is 54.7 Å². The fraction of sp³-hybridized carbons (Fsp3) is 0. The number of hydrogen-bond donors (Lipinski definition) is 0.